The predicted octanol–water partition coefficient (Wildman–Crippen LogP) is 5.12. The monoisotopic (exact) mass is 326 g/mol. The summed E-state index contributed by atoms with van der Waals surface area (Å²) in [5.41, 5.74) is 9.65. The van der Waals surface area contributed by atoms with Crippen LogP contribution in [-0.2, 0) is 11.2 Å². The second-order valence-corrected chi connectivity index (χ2v) is 5.42. The molecule has 1 atom stereocenters. The van der Waals surface area contributed by atoms with Gasteiger partial charge in [0.2, 0.25) is 0 Å². The van der Waals surface area contributed by atoms with Gasteiger partial charge in [0, 0.05) is 23.1 Å². The number of rotatable bonds is 7. The van der Waals surface area contributed by atoms with Gasteiger partial charge in [-0.1, -0.05) is 44.7 Å². The van der Waals surface area contributed by atoms with E-state index in [-0.39, 0.29) is 6.04 Å². The van der Waals surface area contributed by atoms with Crippen LogP contribution in [-0.4, -0.2) is 17.6 Å². The molecular formula is C21H30N2O. The first kappa shape index (κ1) is 19.8. The normalized spacial score (nSPS) is 13.2. The summed E-state index contributed by atoms with van der Waals surface area (Å²) in [6.45, 7) is 12.2. The molecule has 0 aliphatic heterocycles. The van der Waals surface area contributed by atoms with Gasteiger partial charge in [-0.2, -0.15) is 0 Å². The molecule has 0 fully saturated rings. The fourth-order valence-electron chi connectivity index (χ4n) is 2.34. The van der Waals surface area contributed by atoms with Crippen LogP contribution >= 0.6 is 0 Å². The highest BCUT2D eigenvalue weighted by molar-refractivity contribution is 5.83. The largest absolute Gasteiger partial charge is 0.492 e. The van der Waals surface area contributed by atoms with E-state index in [0.29, 0.717) is 6.61 Å². The molecule has 3 heteroatoms. The lowest BCUT2D eigenvalue weighted by Gasteiger charge is -2.13. The van der Waals surface area contributed by atoms with Gasteiger partial charge < -0.3 is 15.5 Å². The average molecular weight is 326 g/mol. The molecular weight excluding hydrogens is 296 g/mol. The van der Waals surface area contributed by atoms with Crippen LogP contribution in [0, 0.1) is 0 Å². The molecule has 1 heterocycles. The lowest BCUT2D eigenvalue weighted by Crippen LogP contribution is -2.28. The Kier molecular flexibility index (Phi) is 8.66. The number of para-hydroxylation sites is 1. The lowest BCUT2D eigenvalue weighted by atomic mass is 10.1. The Labute approximate surface area is 145 Å². The van der Waals surface area contributed by atoms with E-state index < -0.39 is 0 Å². The second-order valence-electron chi connectivity index (χ2n) is 5.42. The fraction of sp³-hybridized carbons (Fsp3) is 0.333. The van der Waals surface area contributed by atoms with Crippen molar-refractivity contribution in [1.29, 1.82) is 0 Å². The number of ether oxygens (including phenoxy) is 1. The molecule has 0 amide bonds. The highest BCUT2D eigenvalue weighted by Gasteiger charge is 2.09. The Hall–Kier alpha value is -2.26. The predicted molar refractivity (Wildman–Crippen MR) is 105 cm³/mol. The molecule has 2 rings (SSSR count). The SMILES string of the molecule is C=C/C(C)=C\C(=C/C)OCC(N)Cc1c[nH]c2ccccc12.CC. The number of nitrogens with two attached hydrogens (primary N) is 1. The first-order valence-electron chi connectivity index (χ1n) is 8.54. The van der Waals surface area contributed by atoms with Crippen LogP contribution in [0.5, 0.6) is 0 Å². The Morgan fingerprint density at radius 2 is 2.04 bits per heavy atom. The molecule has 130 valence electrons. The minimum Gasteiger partial charge on any atom is -0.492 e. The molecule has 0 aliphatic carbocycles. The molecule has 0 saturated heterocycles. The third-order valence-corrected chi connectivity index (χ3v) is 3.60. The van der Waals surface area contributed by atoms with Crippen LogP contribution in [0.2, 0.25) is 0 Å². The molecule has 3 N–H and O–H groups in total. The highest BCUT2D eigenvalue weighted by Crippen LogP contribution is 2.19. The van der Waals surface area contributed by atoms with Gasteiger partial charge in [-0.05, 0) is 49.6 Å². The molecule has 0 saturated carbocycles. The van der Waals surface area contributed by atoms with Gasteiger partial charge in [-0.3, -0.25) is 0 Å². The summed E-state index contributed by atoms with van der Waals surface area (Å²) in [6.07, 6.45) is 8.52. The van der Waals surface area contributed by atoms with Crippen molar-refractivity contribution in [3.63, 3.8) is 0 Å². The summed E-state index contributed by atoms with van der Waals surface area (Å²) in [5.74, 6) is 0.826. The summed E-state index contributed by atoms with van der Waals surface area (Å²) in [4.78, 5) is 3.27. The number of aromatic amines is 1. The standard InChI is InChI=1S/C19H24N2O.C2H6/c1-4-14(3)10-17(5-2)22-13-16(20)11-15-12-21-19-9-7-6-8-18(15)19;1-2/h4-10,12,16,21H,1,11,13,20H2,2-3H3;1-2H3/b14-10-,17-5+;. The Morgan fingerprint density at radius 3 is 2.71 bits per heavy atom. The van der Waals surface area contributed by atoms with E-state index in [9.17, 15) is 0 Å². The third-order valence-electron chi connectivity index (χ3n) is 3.60. The van der Waals surface area contributed by atoms with Crippen molar-refractivity contribution in [2.75, 3.05) is 6.61 Å². The fourth-order valence-corrected chi connectivity index (χ4v) is 2.34. The minimum absolute atomic E-state index is 0.0495. The van der Waals surface area contributed by atoms with Crippen molar-refractivity contribution in [2.45, 2.75) is 40.2 Å². The van der Waals surface area contributed by atoms with E-state index in [0.717, 1.165) is 23.3 Å². The van der Waals surface area contributed by atoms with Crippen molar-refractivity contribution < 1.29 is 4.74 Å². The van der Waals surface area contributed by atoms with E-state index >= 15 is 0 Å². The van der Waals surface area contributed by atoms with Crippen molar-refractivity contribution in [3.8, 4) is 0 Å². The molecule has 0 aliphatic rings. The number of fused-ring (bicyclic) bond motifs is 1. The van der Waals surface area contributed by atoms with E-state index in [1.807, 2.05) is 58.2 Å². The molecule has 0 radical (unpaired) electrons. The molecule has 1 unspecified atom stereocenters. The van der Waals surface area contributed by atoms with Gasteiger partial charge in [0.05, 0.1) is 0 Å². The maximum absolute atomic E-state index is 6.22. The van der Waals surface area contributed by atoms with Gasteiger partial charge in [0.15, 0.2) is 0 Å². The van der Waals surface area contributed by atoms with Crippen molar-refractivity contribution in [1.82, 2.24) is 4.98 Å². The summed E-state index contributed by atoms with van der Waals surface area (Å²) < 4.78 is 5.79. The topological polar surface area (TPSA) is 51.0 Å². The zero-order valence-corrected chi connectivity index (χ0v) is 15.3. The Morgan fingerprint density at radius 1 is 1.33 bits per heavy atom. The van der Waals surface area contributed by atoms with Crippen LogP contribution < -0.4 is 5.73 Å². The smallest absolute Gasteiger partial charge is 0.115 e. The second kappa shape index (κ2) is 10.5. The zero-order valence-electron chi connectivity index (χ0n) is 15.3. The maximum Gasteiger partial charge on any atom is 0.115 e. The van der Waals surface area contributed by atoms with Crippen molar-refractivity contribution >= 4 is 10.9 Å². The van der Waals surface area contributed by atoms with E-state index in [2.05, 4.69) is 23.7 Å². The van der Waals surface area contributed by atoms with Crippen LogP contribution in [0.25, 0.3) is 10.9 Å². The molecule has 0 bridgehead atoms. The van der Waals surface area contributed by atoms with Crippen LogP contribution in [0.15, 0.2) is 66.6 Å². The number of H-pyrrole nitrogens is 1. The number of hydrogen-bond donors (Lipinski definition) is 2. The number of benzene rings is 1. The number of aromatic nitrogens is 1. The average Bonchev–Trinajstić information content (AvgIpc) is 3.03. The molecule has 0 spiro atoms. The molecule has 24 heavy (non-hydrogen) atoms. The number of hydrogen-bond acceptors (Lipinski definition) is 2. The quantitative estimate of drug-likeness (QED) is 0.548. The number of allylic oxidation sites excluding steroid dienone is 4. The van der Waals surface area contributed by atoms with Crippen molar-refractivity contribution in [3.05, 3.63) is 72.2 Å². The first-order valence-corrected chi connectivity index (χ1v) is 8.54. The molecule has 2 aromatic rings. The zero-order chi connectivity index (χ0) is 17.9. The summed E-state index contributed by atoms with van der Waals surface area (Å²) in [5, 5.41) is 1.23. The van der Waals surface area contributed by atoms with E-state index in [1.165, 1.54) is 10.9 Å². The Balaban J connectivity index is 0.00000139. The van der Waals surface area contributed by atoms with Gasteiger partial charge >= 0.3 is 0 Å². The lowest BCUT2D eigenvalue weighted by molar-refractivity contribution is 0.203. The van der Waals surface area contributed by atoms with Gasteiger partial charge in [-0.15, -0.1) is 0 Å². The maximum atomic E-state index is 6.22. The van der Waals surface area contributed by atoms with Gasteiger partial charge in [0.25, 0.3) is 0 Å². The van der Waals surface area contributed by atoms with E-state index in [1.54, 1.807) is 6.08 Å². The summed E-state index contributed by atoms with van der Waals surface area (Å²) >= 11 is 0. The molecule has 1 aromatic carbocycles. The summed E-state index contributed by atoms with van der Waals surface area (Å²) in [7, 11) is 0. The van der Waals surface area contributed by atoms with Gasteiger partial charge in [-0.25, -0.2) is 0 Å². The molecule has 1 aromatic heterocycles. The van der Waals surface area contributed by atoms with E-state index in [4.69, 9.17) is 10.5 Å². The van der Waals surface area contributed by atoms with Crippen LogP contribution in [0.3, 0.4) is 0 Å². The van der Waals surface area contributed by atoms with Crippen LogP contribution in [0.1, 0.15) is 33.3 Å². The minimum atomic E-state index is -0.0495. The number of nitrogens with one attached hydrogen (secondary N) is 1. The van der Waals surface area contributed by atoms with Gasteiger partial charge in [0.1, 0.15) is 12.4 Å². The van der Waals surface area contributed by atoms with Crippen LogP contribution in [0.4, 0.5) is 0 Å². The Bertz CT molecular complexity index is 695. The first-order chi connectivity index (χ1) is 11.6. The highest BCUT2D eigenvalue weighted by atomic mass is 16.5. The van der Waals surface area contributed by atoms with Crippen molar-refractivity contribution in [2.24, 2.45) is 5.73 Å². The summed E-state index contributed by atoms with van der Waals surface area (Å²) in [6, 6.07) is 8.21. The molecule has 3 nitrogen and oxygen atoms in total. The third kappa shape index (κ3) is 5.74.